The Bertz CT molecular complexity index is 1160. The summed E-state index contributed by atoms with van der Waals surface area (Å²) in [5, 5.41) is 12.5. The molecule has 0 aliphatic heterocycles. The van der Waals surface area contributed by atoms with E-state index in [0.29, 0.717) is 28.1 Å². The summed E-state index contributed by atoms with van der Waals surface area (Å²) in [7, 11) is 1.32. The zero-order chi connectivity index (χ0) is 24.1. The summed E-state index contributed by atoms with van der Waals surface area (Å²) >= 11 is 2.62. The van der Waals surface area contributed by atoms with Gasteiger partial charge >= 0.3 is 5.97 Å². The summed E-state index contributed by atoms with van der Waals surface area (Å²) in [6.45, 7) is 10.5. The minimum absolute atomic E-state index is 0.127. The van der Waals surface area contributed by atoms with Gasteiger partial charge in [-0.2, -0.15) is 0 Å². The summed E-state index contributed by atoms with van der Waals surface area (Å²) in [5.74, 6) is 0.884. The van der Waals surface area contributed by atoms with Crippen LogP contribution >= 0.6 is 23.1 Å². The van der Waals surface area contributed by atoms with E-state index in [1.807, 2.05) is 50.5 Å². The molecule has 0 radical (unpaired) electrons. The molecule has 0 bridgehead atoms. The molecule has 0 saturated carbocycles. The van der Waals surface area contributed by atoms with Gasteiger partial charge in [0, 0.05) is 11.4 Å². The van der Waals surface area contributed by atoms with Gasteiger partial charge in [0.2, 0.25) is 5.91 Å². The van der Waals surface area contributed by atoms with Crippen molar-refractivity contribution in [3.8, 4) is 5.75 Å². The van der Waals surface area contributed by atoms with Crippen LogP contribution in [0.15, 0.2) is 29.4 Å². The zero-order valence-electron chi connectivity index (χ0n) is 19.6. The Morgan fingerprint density at radius 1 is 1.18 bits per heavy atom. The fourth-order valence-corrected chi connectivity index (χ4v) is 4.94. The number of aryl methyl sites for hydroxylation is 3. The lowest BCUT2D eigenvalue weighted by Gasteiger charge is -2.16. The van der Waals surface area contributed by atoms with Gasteiger partial charge in [-0.05, 0) is 63.9 Å². The molecular formula is C23H28N4O4S2. The summed E-state index contributed by atoms with van der Waals surface area (Å²) < 4.78 is 12.8. The number of thiophene rings is 1. The van der Waals surface area contributed by atoms with E-state index in [-0.39, 0.29) is 17.8 Å². The molecule has 0 saturated heterocycles. The van der Waals surface area contributed by atoms with Crippen LogP contribution in [0.2, 0.25) is 0 Å². The van der Waals surface area contributed by atoms with Crippen molar-refractivity contribution >= 4 is 40.0 Å². The maximum absolute atomic E-state index is 12.5. The summed E-state index contributed by atoms with van der Waals surface area (Å²) in [5.41, 5.74) is 2.73. The Kier molecular flexibility index (Phi) is 8.15. The van der Waals surface area contributed by atoms with Crippen molar-refractivity contribution in [1.82, 2.24) is 14.8 Å². The number of nitrogens with zero attached hydrogens (tertiary/aromatic N) is 3. The van der Waals surface area contributed by atoms with Gasteiger partial charge in [0.15, 0.2) is 17.1 Å². The second-order valence-electron chi connectivity index (χ2n) is 7.52. The summed E-state index contributed by atoms with van der Waals surface area (Å²) in [6, 6.07) is 7.69. The third-order valence-corrected chi connectivity index (χ3v) is 7.00. The van der Waals surface area contributed by atoms with Crippen molar-refractivity contribution in [2.45, 2.75) is 52.4 Å². The lowest BCUT2D eigenvalue weighted by atomic mass is 10.1. The standard InChI is InChI=1S/C23H28N4O4S2/c1-7-27-20(16(5)31-17-9-8-13(2)14(3)10-17)25-26-23(27)32-12-19(28)24-21-18(22(29)30-6)11-15(4)33-21/h8-11,16H,7,12H2,1-6H3,(H,24,28). The molecule has 33 heavy (non-hydrogen) atoms. The van der Waals surface area contributed by atoms with Gasteiger partial charge in [0.25, 0.3) is 0 Å². The van der Waals surface area contributed by atoms with Crippen LogP contribution in [0.25, 0.3) is 0 Å². The van der Waals surface area contributed by atoms with Crippen LogP contribution in [-0.2, 0) is 16.1 Å². The molecule has 1 atom stereocenters. The largest absolute Gasteiger partial charge is 0.483 e. The highest BCUT2D eigenvalue weighted by Crippen LogP contribution is 2.29. The number of hydrogen-bond acceptors (Lipinski definition) is 8. The number of carbonyl (C=O) groups excluding carboxylic acids is 2. The van der Waals surface area contributed by atoms with Crippen molar-refractivity contribution in [3.63, 3.8) is 0 Å². The minimum Gasteiger partial charge on any atom is -0.483 e. The minimum atomic E-state index is -0.476. The Morgan fingerprint density at radius 2 is 1.94 bits per heavy atom. The number of anilines is 1. The molecule has 2 aromatic heterocycles. The van der Waals surface area contributed by atoms with E-state index >= 15 is 0 Å². The highest BCUT2D eigenvalue weighted by atomic mass is 32.2. The third-order valence-electron chi connectivity index (χ3n) is 5.06. The second-order valence-corrected chi connectivity index (χ2v) is 9.72. The molecule has 3 aromatic rings. The Balaban J connectivity index is 1.66. The van der Waals surface area contributed by atoms with Crippen molar-refractivity contribution in [3.05, 3.63) is 51.7 Å². The molecule has 1 unspecified atom stereocenters. The molecular weight excluding hydrogens is 460 g/mol. The smallest absolute Gasteiger partial charge is 0.340 e. The first-order valence-corrected chi connectivity index (χ1v) is 12.3. The van der Waals surface area contributed by atoms with Gasteiger partial charge in [0.05, 0.1) is 18.4 Å². The Labute approximate surface area is 201 Å². The van der Waals surface area contributed by atoms with Crippen LogP contribution in [0.1, 0.15) is 52.1 Å². The molecule has 1 N–H and O–H groups in total. The molecule has 0 fully saturated rings. The molecule has 8 nitrogen and oxygen atoms in total. The number of aromatic nitrogens is 3. The van der Waals surface area contributed by atoms with Gasteiger partial charge in [0.1, 0.15) is 10.8 Å². The first-order chi connectivity index (χ1) is 15.7. The van der Waals surface area contributed by atoms with E-state index in [1.165, 1.54) is 35.8 Å². The van der Waals surface area contributed by atoms with Crippen LogP contribution in [-0.4, -0.2) is 39.5 Å². The van der Waals surface area contributed by atoms with Crippen molar-refractivity contribution in [2.24, 2.45) is 0 Å². The lowest BCUT2D eigenvalue weighted by Crippen LogP contribution is -2.16. The third kappa shape index (κ3) is 5.94. The van der Waals surface area contributed by atoms with Crippen LogP contribution in [0.3, 0.4) is 0 Å². The molecule has 3 rings (SSSR count). The first kappa shape index (κ1) is 24.8. The van der Waals surface area contributed by atoms with Gasteiger partial charge in [-0.1, -0.05) is 17.8 Å². The van der Waals surface area contributed by atoms with Crippen LogP contribution in [0.4, 0.5) is 5.00 Å². The van der Waals surface area contributed by atoms with Crippen molar-refractivity contribution < 1.29 is 19.1 Å². The maximum atomic E-state index is 12.5. The number of esters is 1. The number of carbonyl (C=O) groups is 2. The maximum Gasteiger partial charge on any atom is 0.340 e. The number of rotatable bonds is 9. The Hall–Kier alpha value is -2.85. The van der Waals surface area contributed by atoms with E-state index in [0.717, 1.165) is 16.2 Å². The normalized spacial score (nSPS) is 11.8. The average Bonchev–Trinajstić information content (AvgIpc) is 3.36. The van der Waals surface area contributed by atoms with E-state index in [4.69, 9.17) is 9.47 Å². The molecule has 0 spiro atoms. The predicted molar refractivity (Wildman–Crippen MR) is 130 cm³/mol. The molecule has 10 heteroatoms. The summed E-state index contributed by atoms with van der Waals surface area (Å²) in [6.07, 6.45) is -0.306. The predicted octanol–water partition coefficient (Wildman–Crippen LogP) is 4.94. The van der Waals surface area contributed by atoms with E-state index in [1.54, 1.807) is 6.07 Å². The number of ether oxygens (including phenoxy) is 2. The zero-order valence-corrected chi connectivity index (χ0v) is 21.2. The van der Waals surface area contributed by atoms with E-state index in [2.05, 4.69) is 22.4 Å². The Morgan fingerprint density at radius 3 is 2.61 bits per heavy atom. The molecule has 0 aliphatic rings. The molecule has 1 amide bonds. The lowest BCUT2D eigenvalue weighted by molar-refractivity contribution is -0.113. The number of nitrogens with one attached hydrogen (secondary N) is 1. The van der Waals surface area contributed by atoms with Gasteiger partial charge < -0.3 is 19.4 Å². The highest BCUT2D eigenvalue weighted by Gasteiger charge is 2.21. The van der Waals surface area contributed by atoms with E-state index < -0.39 is 5.97 Å². The fourth-order valence-electron chi connectivity index (χ4n) is 3.21. The number of methoxy groups -OCH3 is 1. The van der Waals surface area contributed by atoms with Crippen LogP contribution < -0.4 is 10.1 Å². The number of thioether (sulfide) groups is 1. The summed E-state index contributed by atoms with van der Waals surface area (Å²) in [4.78, 5) is 25.4. The van der Waals surface area contributed by atoms with Gasteiger partial charge in [-0.25, -0.2) is 4.79 Å². The molecule has 1 aromatic carbocycles. The van der Waals surface area contributed by atoms with Crippen molar-refractivity contribution in [1.29, 1.82) is 0 Å². The second kappa shape index (κ2) is 10.8. The van der Waals surface area contributed by atoms with Crippen LogP contribution in [0.5, 0.6) is 5.75 Å². The number of amides is 1. The SMILES string of the molecule is CCn1c(SCC(=O)Nc2sc(C)cc2C(=O)OC)nnc1C(C)Oc1ccc(C)c(C)c1. The monoisotopic (exact) mass is 488 g/mol. The van der Waals surface area contributed by atoms with Crippen LogP contribution in [0, 0.1) is 20.8 Å². The van der Waals surface area contributed by atoms with Gasteiger partial charge in [-0.15, -0.1) is 21.5 Å². The van der Waals surface area contributed by atoms with Gasteiger partial charge in [-0.3, -0.25) is 4.79 Å². The number of benzene rings is 1. The number of hydrogen-bond donors (Lipinski definition) is 1. The first-order valence-electron chi connectivity index (χ1n) is 10.5. The fraction of sp³-hybridized carbons (Fsp3) is 0.391. The highest BCUT2D eigenvalue weighted by molar-refractivity contribution is 7.99. The average molecular weight is 489 g/mol. The molecule has 0 aliphatic carbocycles. The molecule has 176 valence electrons. The van der Waals surface area contributed by atoms with Crippen molar-refractivity contribution in [2.75, 3.05) is 18.2 Å². The van der Waals surface area contributed by atoms with E-state index in [9.17, 15) is 9.59 Å². The topological polar surface area (TPSA) is 95.3 Å². The molecule has 2 heterocycles. The quantitative estimate of drug-likeness (QED) is 0.337.